The van der Waals surface area contributed by atoms with Crippen LogP contribution in [0.2, 0.25) is 0 Å². The molecule has 0 fully saturated rings. The Balaban J connectivity index is 2.65. The summed E-state index contributed by atoms with van der Waals surface area (Å²) in [4.78, 5) is 24.0. The van der Waals surface area contributed by atoms with Gasteiger partial charge in [0, 0.05) is 19.3 Å². The van der Waals surface area contributed by atoms with Gasteiger partial charge < -0.3 is 25.8 Å². The zero-order valence-corrected chi connectivity index (χ0v) is 13.8. The van der Waals surface area contributed by atoms with Gasteiger partial charge in [-0.05, 0) is 30.2 Å². The Bertz CT molecular complexity index is 503. The summed E-state index contributed by atoms with van der Waals surface area (Å²) in [6.07, 6.45) is 0. The largest absolute Gasteiger partial charge is 0.492 e. The van der Waals surface area contributed by atoms with Crippen LogP contribution in [0.15, 0.2) is 24.3 Å². The van der Waals surface area contributed by atoms with E-state index < -0.39 is 6.04 Å². The van der Waals surface area contributed by atoms with Crippen molar-refractivity contribution in [1.82, 2.24) is 5.32 Å². The number of anilines is 1. The van der Waals surface area contributed by atoms with Gasteiger partial charge in [0.1, 0.15) is 25.0 Å². The summed E-state index contributed by atoms with van der Waals surface area (Å²) in [7, 11) is 1.43. The fraction of sp³-hybridized carbons (Fsp3) is 0.500. The van der Waals surface area contributed by atoms with Gasteiger partial charge in [-0.1, -0.05) is 13.8 Å². The van der Waals surface area contributed by atoms with Crippen molar-refractivity contribution in [1.29, 1.82) is 0 Å². The second-order valence-electron chi connectivity index (χ2n) is 5.37. The molecule has 1 aromatic carbocycles. The van der Waals surface area contributed by atoms with Crippen LogP contribution in [0.4, 0.5) is 5.69 Å². The third-order valence-electron chi connectivity index (χ3n) is 3.05. The van der Waals surface area contributed by atoms with Gasteiger partial charge in [-0.15, -0.1) is 0 Å². The van der Waals surface area contributed by atoms with Gasteiger partial charge in [0.25, 0.3) is 0 Å². The second-order valence-corrected chi connectivity index (χ2v) is 5.37. The summed E-state index contributed by atoms with van der Waals surface area (Å²) in [5.41, 5.74) is 6.00. The lowest BCUT2D eigenvalue weighted by molar-refractivity contribution is -0.129. The van der Waals surface area contributed by atoms with E-state index in [0.717, 1.165) is 0 Å². The van der Waals surface area contributed by atoms with Crippen LogP contribution in [0.25, 0.3) is 0 Å². The monoisotopic (exact) mass is 323 g/mol. The molecule has 1 atom stereocenters. The highest BCUT2D eigenvalue weighted by atomic mass is 16.5. The Morgan fingerprint density at radius 2 is 1.87 bits per heavy atom. The minimum Gasteiger partial charge on any atom is -0.492 e. The topological polar surface area (TPSA) is 103 Å². The normalized spacial score (nSPS) is 11.9. The molecule has 4 N–H and O–H groups in total. The molecular weight excluding hydrogens is 298 g/mol. The van der Waals surface area contributed by atoms with Gasteiger partial charge in [-0.2, -0.15) is 0 Å². The number of nitrogens with one attached hydrogen (secondary N) is 2. The van der Waals surface area contributed by atoms with E-state index in [9.17, 15) is 9.59 Å². The first-order valence-corrected chi connectivity index (χ1v) is 7.50. The highest BCUT2D eigenvalue weighted by Crippen LogP contribution is 2.16. The summed E-state index contributed by atoms with van der Waals surface area (Å²) in [5, 5.41) is 5.44. The lowest BCUT2D eigenvalue weighted by atomic mass is 10.0. The zero-order valence-electron chi connectivity index (χ0n) is 13.8. The summed E-state index contributed by atoms with van der Waals surface area (Å²) in [6, 6.07) is 6.33. The first kappa shape index (κ1) is 18.9. The third-order valence-corrected chi connectivity index (χ3v) is 3.05. The van der Waals surface area contributed by atoms with Crippen LogP contribution in [-0.2, 0) is 14.3 Å². The quantitative estimate of drug-likeness (QED) is 0.622. The van der Waals surface area contributed by atoms with E-state index >= 15 is 0 Å². The van der Waals surface area contributed by atoms with Crippen molar-refractivity contribution in [2.24, 2.45) is 11.7 Å². The van der Waals surface area contributed by atoms with Crippen LogP contribution < -0.4 is 21.1 Å². The van der Waals surface area contributed by atoms with E-state index in [1.54, 1.807) is 24.3 Å². The highest BCUT2D eigenvalue weighted by molar-refractivity contribution is 5.97. The average molecular weight is 323 g/mol. The predicted molar refractivity (Wildman–Crippen MR) is 88.3 cm³/mol. The number of carbonyl (C=O) groups excluding carboxylic acids is 2. The summed E-state index contributed by atoms with van der Waals surface area (Å²) >= 11 is 0. The van der Waals surface area contributed by atoms with Gasteiger partial charge in [0.05, 0.1) is 0 Å². The van der Waals surface area contributed by atoms with Crippen molar-refractivity contribution < 1.29 is 19.1 Å². The molecule has 1 aromatic rings. The zero-order chi connectivity index (χ0) is 17.2. The Morgan fingerprint density at radius 3 is 2.39 bits per heavy atom. The lowest BCUT2D eigenvalue weighted by Gasteiger charge is -2.21. The molecule has 128 valence electrons. The van der Waals surface area contributed by atoms with Gasteiger partial charge in [-0.25, -0.2) is 0 Å². The van der Waals surface area contributed by atoms with Gasteiger partial charge in [0.15, 0.2) is 0 Å². The molecule has 0 heterocycles. The van der Waals surface area contributed by atoms with Crippen molar-refractivity contribution in [2.45, 2.75) is 19.9 Å². The molecule has 1 rings (SSSR count). The smallest absolute Gasteiger partial charge is 0.247 e. The number of amides is 2. The fourth-order valence-electron chi connectivity index (χ4n) is 1.91. The third kappa shape index (κ3) is 6.66. The van der Waals surface area contributed by atoms with Crippen LogP contribution >= 0.6 is 0 Å². The maximum Gasteiger partial charge on any atom is 0.247 e. The summed E-state index contributed by atoms with van der Waals surface area (Å²) < 4.78 is 10.1. The summed E-state index contributed by atoms with van der Waals surface area (Å²) in [6.45, 7) is 4.52. The predicted octanol–water partition coefficient (Wildman–Crippen LogP) is 0.750. The molecule has 0 saturated carbocycles. The first-order valence-electron chi connectivity index (χ1n) is 7.50. The molecule has 0 aromatic heterocycles. The average Bonchev–Trinajstić information content (AvgIpc) is 2.52. The van der Waals surface area contributed by atoms with Gasteiger partial charge in [-0.3, -0.25) is 9.59 Å². The maximum atomic E-state index is 12.3. The van der Waals surface area contributed by atoms with Crippen molar-refractivity contribution in [2.75, 3.05) is 32.2 Å². The Labute approximate surface area is 136 Å². The number of benzene rings is 1. The molecule has 0 bridgehead atoms. The van der Waals surface area contributed by atoms with Crippen LogP contribution in [0.3, 0.4) is 0 Å². The van der Waals surface area contributed by atoms with E-state index in [2.05, 4.69) is 10.6 Å². The molecule has 7 heteroatoms. The highest BCUT2D eigenvalue weighted by Gasteiger charge is 2.24. The summed E-state index contributed by atoms with van der Waals surface area (Å²) in [5.74, 6) is 0.0252. The number of rotatable bonds is 9. The molecule has 2 amide bonds. The van der Waals surface area contributed by atoms with E-state index in [1.807, 2.05) is 13.8 Å². The molecule has 7 nitrogen and oxygen atoms in total. The lowest BCUT2D eigenvalue weighted by Crippen LogP contribution is -2.48. The number of nitrogens with two attached hydrogens (primary N) is 1. The molecule has 23 heavy (non-hydrogen) atoms. The van der Waals surface area contributed by atoms with Crippen LogP contribution in [-0.4, -0.2) is 44.7 Å². The molecule has 0 spiro atoms. The molecule has 0 saturated heterocycles. The molecular formula is C16H25N3O4. The Hall–Kier alpha value is -2.12. The van der Waals surface area contributed by atoms with Crippen molar-refractivity contribution in [3.8, 4) is 5.75 Å². The molecule has 0 aliphatic carbocycles. The number of ether oxygens (including phenoxy) is 2. The number of hydrogen-bond donors (Lipinski definition) is 3. The van der Waals surface area contributed by atoms with Crippen LogP contribution in [0.1, 0.15) is 13.8 Å². The SMILES string of the molecule is COCC(=O)N[C@H](C(=O)Nc1ccc(OCCN)cc1)C(C)C. The van der Waals surface area contributed by atoms with E-state index in [1.165, 1.54) is 7.11 Å². The second kappa shape index (κ2) is 9.81. The van der Waals surface area contributed by atoms with Crippen LogP contribution in [0, 0.1) is 5.92 Å². The standard InChI is InChI=1S/C16H25N3O4/c1-11(2)15(19-14(20)10-22-3)16(21)18-12-4-6-13(7-5-12)23-9-8-17/h4-7,11,15H,8-10,17H2,1-3H3,(H,18,21)(H,19,20)/t15-/m0/s1. The van der Waals surface area contributed by atoms with E-state index in [0.29, 0.717) is 24.6 Å². The number of carbonyl (C=O) groups is 2. The van der Waals surface area contributed by atoms with E-state index in [4.69, 9.17) is 15.2 Å². The number of methoxy groups -OCH3 is 1. The Kier molecular flexibility index (Phi) is 8.07. The first-order chi connectivity index (χ1) is 11.0. The van der Waals surface area contributed by atoms with Crippen molar-refractivity contribution >= 4 is 17.5 Å². The van der Waals surface area contributed by atoms with Crippen LogP contribution in [0.5, 0.6) is 5.75 Å². The molecule has 0 radical (unpaired) electrons. The van der Waals surface area contributed by atoms with Gasteiger partial charge >= 0.3 is 0 Å². The van der Waals surface area contributed by atoms with Crippen molar-refractivity contribution in [3.05, 3.63) is 24.3 Å². The minimum atomic E-state index is -0.634. The fourth-order valence-corrected chi connectivity index (χ4v) is 1.91. The molecule has 0 aliphatic heterocycles. The molecule has 0 unspecified atom stereocenters. The van der Waals surface area contributed by atoms with Crippen molar-refractivity contribution in [3.63, 3.8) is 0 Å². The maximum absolute atomic E-state index is 12.3. The number of hydrogen-bond acceptors (Lipinski definition) is 5. The van der Waals surface area contributed by atoms with Gasteiger partial charge in [0.2, 0.25) is 11.8 Å². The van der Waals surface area contributed by atoms with E-state index in [-0.39, 0.29) is 24.3 Å². The Morgan fingerprint density at radius 1 is 1.22 bits per heavy atom. The minimum absolute atomic E-state index is 0.0528. The molecule has 0 aliphatic rings.